The number of hydrogen-bond donors (Lipinski definition) is 0. The Balaban J connectivity index is 2.25. The first-order valence-electron chi connectivity index (χ1n) is 7.89. The molecule has 0 saturated heterocycles. The standard InChI is InChI=1S/C19H26Si2.Hf/c1-20(2,3)18-11-7-16(8-12-18)15-17-9-13-19(14-10-17)21(4,5)6;/h7-14H,1-6H3;/q;+2. The monoisotopic (exact) mass is 490 g/mol. The molecule has 0 saturated carbocycles. The van der Waals surface area contributed by atoms with Gasteiger partial charge in [0.1, 0.15) is 0 Å². The second-order valence-electron chi connectivity index (χ2n) is 8.03. The SMILES string of the molecule is C[Si](C)(C)c1ccc([C](=[Hf+2])c2ccc([Si](C)(C)C)cc2)cc1. The van der Waals surface area contributed by atoms with Crippen molar-refractivity contribution in [2.24, 2.45) is 0 Å². The molecule has 2 rings (SSSR count). The molecular formula is C19H26HfSi2+2. The van der Waals surface area contributed by atoms with Crippen molar-refractivity contribution < 1.29 is 23.9 Å². The van der Waals surface area contributed by atoms with E-state index in [0.29, 0.717) is 0 Å². The molecule has 0 unspecified atom stereocenters. The van der Waals surface area contributed by atoms with Gasteiger partial charge in [-0.1, -0.05) is 0 Å². The van der Waals surface area contributed by atoms with Gasteiger partial charge in [-0.2, -0.15) is 0 Å². The Hall–Kier alpha value is -0.386. The zero-order valence-corrected chi connectivity index (χ0v) is 20.2. The molecular weight excluding hydrogens is 463 g/mol. The van der Waals surface area contributed by atoms with Crippen LogP contribution in [0.15, 0.2) is 48.5 Å². The zero-order valence-electron chi connectivity index (χ0n) is 14.6. The summed E-state index contributed by atoms with van der Waals surface area (Å²) < 4.78 is 1.50. The van der Waals surface area contributed by atoms with Gasteiger partial charge >= 0.3 is 153 Å². The van der Waals surface area contributed by atoms with E-state index in [4.69, 9.17) is 0 Å². The van der Waals surface area contributed by atoms with Crippen molar-refractivity contribution in [1.29, 1.82) is 0 Å². The van der Waals surface area contributed by atoms with Gasteiger partial charge in [0.05, 0.1) is 0 Å². The fraction of sp³-hybridized carbons (Fsp3) is 0.316. The molecule has 2 aromatic carbocycles. The molecule has 0 aliphatic heterocycles. The molecule has 112 valence electrons. The molecule has 0 bridgehead atoms. The van der Waals surface area contributed by atoms with Gasteiger partial charge in [-0.05, 0) is 0 Å². The molecule has 0 aromatic heterocycles. The molecule has 0 aliphatic carbocycles. The first-order chi connectivity index (χ1) is 10.1. The molecule has 22 heavy (non-hydrogen) atoms. The van der Waals surface area contributed by atoms with Crippen molar-refractivity contribution in [1.82, 2.24) is 0 Å². The molecule has 3 heteroatoms. The molecule has 0 nitrogen and oxygen atoms in total. The summed E-state index contributed by atoms with van der Waals surface area (Å²) in [4.78, 5) is 0. The summed E-state index contributed by atoms with van der Waals surface area (Å²) >= 11 is 1.08. The third-order valence-electron chi connectivity index (χ3n) is 4.08. The van der Waals surface area contributed by atoms with Crippen LogP contribution in [0.1, 0.15) is 11.1 Å². The van der Waals surface area contributed by atoms with Gasteiger partial charge in [0.2, 0.25) is 0 Å². The van der Waals surface area contributed by atoms with E-state index in [0.717, 1.165) is 23.9 Å². The summed E-state index contributed by atoms with van der Waals surface area (Å²) in [5.74, 6) is 0. The Morgan fingerprint density at radius 3 is 1.09 bits per heavy atom. The van der Waals surface area contributed by atoms with Crippen LogP contribution >= 0.6 is 0 Å². The molecule has 2 aromatic rings. The molecule has 0 radical (unpaired) electrons. The molecule has 0 N–H and O–H groups in total. The van der Waals surface area contributed by atoms with Gasteiger partial charge < -0.3 is 0 Å². The molecule has 0 heterocycles. The van der Waals surface area contributed by atoms with Crippen LogP contribution in [0, 0.1) is 0 Å². The Morgan fingerprint density at radius 2 is 0.864 bits per heavy atom. The van der Waals surface area contributed by atoms with Gasteiger partial charge in [-0.15, -0.1) is 0 Å². The summed E-state index contributed by atoms with van der Waals surface area (Å²) in [6.45, 7) is 14.4. The van der Waals surface area contributed by atoms with Gasteiger partial charge in [0, 0.05) is 0 Å². The van der Waals surface area contributed by atoms with Crippen LogP contribution in [-0.4, -0.2) is 19.4 Å². The predicted molar refractivity (Wildman–Crippen MR) is 102 cm³/mol. The molecule has 0 amide bonds. The van der Waals surface area contributed by atoms with Gasteiger partial charge in [0.25, 0.3) is 0 Å². The van der Waals surface area contributed by atoms with Crippen LogP contribution in [0.25, 0.3) is 0 Å². The second-order valence-corrected chi connectivity index (χ2v) is 20.0. The van der Waals surface area contributed by atoms with Crippen LogP contribution in [-0.2, 0) is 23.9 Å². The second kappa shape index (κ2) is 6.62. The Labute approximate surface area is 152 Å². The van der Waals surface area contributed by atoms with Crippen molar-refractivity contribution in [2.45, 2.75) is 39.3 Å². The molecule has 0 fully saturated rings. The Bertz CT molecular complexity index is 597. The van der Waals surface area contributed by atoms with Crippen molar-refractivity contribution in [2.75, 3.05) is 0 Å². The molecule has 0 atom stereocenters. The zero-order chi connectivity index (χ0) is 16.5. The van der Waals surface area contributed by atoms with Crippen LogP contribution in [0.2, 0.25) is 39.3 Å². The van der Waals surface area contributed by atoms with Gasteiger partial charge in [0.15, 0.2) is 0 Å². The summed E-state index contributed by atoms with van der Waals surface area (Å²) in [5.41, 5.74) is 2.80. The van der Waals surface area contributed by atoms with Crippen molar-refractivity contribution in [3.63, 3.8) is 0 Å². The minimum atomic E-state index is -1.19. The first kappa shape index (κ1) is 18.0. The number of hydrogen-bond acceptors (Lipinski definition) is 0. The fourth-order valence-corrected chi connectivity index (χ4v) is 5.97. The first-order valence-corrected chi connectivity index (χ1v) is 16.7. The summed E-state index contributed by atoms with van der Waals surface area (Å²) in [6, 6.07) is 18.7. The van der Waals surface area contributed by atoms with Gasteiger partial charge in [-0.3, -0.25) is 0 Å². The van der Waals surface area contributed by atoms with Crippen LogP contribution in [0.4, 0.5) is 0 Å². The minimum absolute atomic E-state index is 1.08. The van der Waals surface area contributed by atoms with Crippen LogP contribution in [0.5, 0.6) is 0 Å². The van der Waals surface area contributed by atoms with E-state index < -0.39 is 16.1 Å². The van der Waals surface area contributed by atoms with E-state index in [1.54, 1.807) is 10.4 Å². The summed E-state index contributed by atoms with van der Waals surface area (Å²) in [5, 5.41) is 3.08. The van der Waals surface area contributed by atoms with Crippen molar-refractivity contribution >= 4 is 29.8 Å². The average Bonchev–Trinajstić information content (AvgIpc) is 2.45. The predicted octanol–water partition coefficient (Wildman–Crippen LogP) is 3.89. The Kier molecular flexibility index (Phi) is 5.40. The van der Waals surface area contributed by atoms with Crippen molar-refractivity contribution in [3.8, 4) is 0 Å². The number of rotatable bonds is 4. The van der Waals surface area contributed by atoms with E-state index in [-0.39, 0.29) is 0 Å². The fourth-order valence-electron chi connectivity index (χ4n) is 2.44. The molecule has 0 spiro atoms. The maximum absolute atomic E-state index is 2.41. The number of benzene rings is 2. The Morgan fingerprint density at radius 1 is 0.591 bits per heavy atom. The average molecular weight is 489 g/mol. The third-order valence-corrected chi connectivity index (χ3v) is 10.3. The van der Waals surface area contributed by atoms with E-state index in [1.807, 2.05) is 0 Å². The maximum atomic E-state index is 2.41. The van der Waals surface area contributed by atoms with E-state index in [9.17, 15) is 0 Å². The third kappa shape index (κ3) is 4.33. The van der Waals surface area contributed by atoms with Crippen LogP contribution < -0.4 is 10.4 Å². The van der Waals surface area contributed by atoms with Crippen LogP contribution in [0.3, 0.4) is 0 Å². The van der Waals surface area contributed by atoms with E-state index in [1.165, 1.54) is 14.4 Å². The van der Waals surface area contributed by atoms with E-state index >= 15 is 0 Å². The topological polar surface area (TPSA) is 0 Å². The van der Waals surface area contributed by atoms with Crippen molar-refractivity contribution in [3.05, 3.63) is 59.7 Å². The summed E-state index contributed by atoms with van der Waals surface area (Å²) in [7, 11) is -2.38. The quantitative estimate of drug-likeness (QED) is 0.573. The molecule has 0 aliphatic rings. The van der Waals surface area contributed by atoms with Gasteiger partial charge in [-0.25, -0.2) is 0 Å². The normalized spacial score (nSPS) is 12.4. The summed E-state index contributed by atoms with van der Waals surface area (Å²) in [6.07, 6.45) is 0. The van der Waals surface area contributed by atoms with E-state index in [2.05, 4.69) is 87.8 Å².